The third-order valence-electron chi connectivity index (χ3n) is 7.59. The van der Waals surface area contributed by atoms with Crippen molar-refractivity contribution in [3.05, 3.63) is 95.1 Å². The molecule has 1 fully saturated rings. The van der Waals surface area contributed by atoms with E-state index >= 15 is 0 Å². The average molecular weight is 558 g/mol. The van der Waals surface area contributed by atoms with Gasteiger partial charge >= 0.3 is 0 Å². The van der Waals surface area contributed by atoms with Crippen LogP contribution >= 0.6 is 0 Å². The van der Waals surface area contributed by atoms with Crippen molar-refractivity contribution >= 4 is 5.91 Å². The zero-order valence-electron chi connectivity index (χ0n) is 23.9. The second-order valence-electron chi connectivity index (χ2n) is 10.5. The summed E-state index contributed by atoms with van der Waals surface area (Å²) in [6.45, 7) is 4.46. The predicted molar refractivity (Wildman–Crippen MR) is 156 cm³/mol. The molecule has 1 saturated heterocycles. The minimum Gasteiger partial charge on any atom is -0.481 e. The normalized spacial score (nSPS) is 18.4. The number of nitrogens with one attached hydrogen (secondary N) is 2. The maximum absolute atomic E-state index is 14.3. The first-order chi connectivity index (χ1) is 19.9. The van der Waals surface area contributed by atoms with Crippen LogP contribution in [-0.2, 0) is 16.0 Å². The zero-order valence-corrected chi connectivity index (χ0v) is 23.9. The summed E-state index contributed by atoms with van der Waals surface area (Å²) in [6, 6.07) is 18.2. The molecule has 4 aromatic rings. The number of methoxy groups -OCH3 is 2. The smallest absolute Gasteiger partial charge is 0.226 e. The number of amides is 1. The molecule has 0 saturated carbocycles. The lowest BCUT2D eigenvalue weighted by molar-refractivity contribution is -0.121. The standard InChI is InChI=1S/C32H36FN5O3/c1-20-14-23(16-24(33)15-20)32-27(17-25(35-32)12-13-40-3)36-29(39)18-28-21(2)31(22-10-11-30(41-4)34-19-22)37-38(28)26-8-6-5-7-9-26/h5-11,14-16,19,25,27,32,35H,12-13,17-18H2,1-4H3,(H,36,39)/t25-,27-,32+/m1/s1. The van der Waals surface area contributed by atoms with Crippen molar-refractivity contribution in [2.75, 3.05) is 20.8 Å². The Morgan fingerprint density at radius 3 is 2.61 bits per heavy atom. The molecule has 3 atom stereocenters. The number of hydrogen-bond acceptors (Lipinski definition) is 6. The van der Waals surface area contributed by atoms with E-state index in [0.717, 1.165) is 52.2 Å². The fourth-order valence-corrected chi connectivity index (χ4v) is 5.60. The van der Waals surface area contributed by atoms with Crippen molar-refractivity contribution in [3.8, 4) is 22.8 Å². The van der Waals surface area contributed by atoms with Crippen molar-refractivity contribution in [2.45, 2.75) is 51.2 Å². The van der Waals surface area contributed by atoms with Crippen molar-refractivity contribution in [3.63, 3.8) is 0 Å². The van der Waals surface area contributed by atoms with Crippen LogP contribution in [0.4, 0.5) is 4.39 Å². The summed E-state index contributed by atoms with van der Waals surface area (Å²) in [5.41, 5.74) is 5.81. The third kappa shape index (κ3) is 6.47. The summed E-state index contributed by atoms with van der Waals surface area (Å²) < 4.78 is 26.7. The lowest BCUT2D eigenvalue weighted by Crippen LogP contribution is -2.39. The molecule has 0 unspecified atom stereocenters. The van der Waals surface area contributed by atoms with Crippen LogP contribution in [0.3, 0.4) is 0 Å². The summed E-state index contributed by atoms with van der Waals surface area (Å²) in [7, 11) is 3.25. The Bertz CT molecular complexity index is 1470. The highest BCUT2D eigenvalue weighted by Gasteiger charge is 2.36. The second-order valence-corrected chi connectivity index (χ2v) is 10.5. The molecule has 214 valence electrons. The molecule has 41 heavy (non-hydrogen) atoms. The van der Waals surface area contributed by atoms with Crippen LogP contribution in [0.15, 0.2) is 66.9 Å². The van der Waals surface area contributed by atoms with Crippen LogP contribution in [0.5, 0.6) is 5.88 Å². The molecule has 3 heterocycles. The highest BCUT2D eigenvalue weighted by molar-refractivity contribution is 5.80. The van der Waals surface area contributed by atoms with E-state index in [1.54, 1.807) is 32.5 Å². The highest BCUT2D eigenvalue weighted by Crippen LogP contribution is 2.31. The summed E-state index contributed by atoms with van der Waals surface area (Å²) in [6.07, 6.45) is 3.37. The minimum atomic E-state index is -0.282. The molecule has 2 aromatic carbocycles. The molecule has 2 aromatic heterocycles. The summed E-state index contributed by atoms with van der Waals surface area (Å²) >= 11 is 0. The number of carbonyl (C=O) groups excluding carboxylic acids is 1. The van der Waals surface area contributed by atoms with Gasteiger partial charge in [-0.3, -0.25) is 4.79 Å². The topological polar surface area (TPSA) is 90.3 Å². The number of aryl methyl sites for hydroxylation is 1. The number of aromatic nitrogens is 3. The van der Waals surface area contributed by atoms with E-state index in [1.165, 1.54) is 6.07 Å². The molecule has 0 bridgehead atoms. The molecular weight excluding hydrogens is 521 g/mol. The lowest BCUT2D eigenvalue weighted by atomic mass is 9.98. The summed E-state index contributed by atoms with van der Waals surface area (Å²) in [5.74, 6) is 0.113. The van der Waals surface area contributed by atoms with Gasteiger partial charge in [0.05, 0.1) is 36.6 Å². The van der Waals surface area contributed by atoms with Gasteiger partial charge in [0.25, 0.3) is 0 Å². The molecule has 0 spiro atoms. The molecule has 5 rings (SSSR count). The first-order valence-electron chi connectivity index (χ1n) is 13.8. The van der Waals surface area contributed by atoms with Gasteiger partial charge in [0.2, 0.25) is 11.8 Å². The van der Waals surface area contributed by atoms with Gasteiger partial charge < -0.3 is 20.1 Å². The lowest BCUT2D eigenvalue weighted by Gasteiger charge is -2.22. The van der Waals surface area contributed by atoms with Gasteiger partial charge in [-0.25, -0.2) is 14.1 Å². The van der Waals surface area contributed by atoms with E-state index in [1.807, 2.05) is 61.0 Å². The van der Waals surface area contributed by atoms with Crippen LogP contribution < -0.4 is 15.4 Å². The molecule has 8 nitrogen and oxygen atoms in total. The number of halogens is 1. The van der Waals surface area contributed by atoms with Gasteiger partial charge in [-0.1, -0.05) is 24.3 Å². The van der Waals surface area contributed by atoms with Crippen LogP contribution in [0.1, 0.15) is 41.3 Å². The maximum atomic E-state index is 14.3. The minimum absolute atomic E-state index is 0.123. The Morgan fingerprint density at radius 1 is 1.12 bits per heavy atom. The SMILES string of the molecule is COCC[C@@H]1C[C@@H](NC(=O)Cc2c(C)c(-c3ccc(OC)nc3)nn2-c2ccccc2)[C@H](c2cc(C)cc(F)c2)N1. The Labute approximate surface area is 239 Å². The second kappa shape index (κ2) is 12.6. The van der Waals surface area contributed by atoms with E-state index in [4.69, 9.17) is 14.6 Å². The predicted octanol–water partition coefficient (Wildman–Crippen LogP) is 4.87. The Balaban J connectivity index is 1.43. The van der Waals surface area contributed by atoms with Crippen molar-refractivity contribution in [2.24, 2.45) is 0 Å². The van der Waals surface area contributed by atoms with Crippen molar-refractivity contribution < 1.29 is 18.7 Å². The van der Waals surface area contributed by atoms with E-state index in [-0.39, 0.29) is 36.3 Å². The van der Waals surface area contributed by atoms with Gasteiger partial charge in [0.15, 0.2) is 0 Å². The summed E-state index contributed by atoms with van der Waals surface area (Å²) in [5, 5.41) is 11.8. The van der Waals surface area contributed by atoms with Crippen LogP contribution in [0.25, 0.3) is 16.9 Å². The van der Waals surface area contributed by atoms with Crippen molar-refractivity contribution in [1.29, 1.82) is 0 Å². The molecule has 2 N–H and O–H groups in total. The van der Waals surface area contributed by atoms with E-state index < -0.39 is 0 Å². The number of ether oxygens (including phenoxy) is 2. The fourth-order valence-electron chi connectivity index (χ4n) is 5.60. The zero-order chi connectivity index (χ0) is 28.9. The van der Waals surface area contributed by atoms with Gasteiger partial charge in [0, 0.05) is 43.6 Å². The quantitative estimate of drug-likeness (QED) is 0.289. The first kappa shape index (κ1) is 28.4. The molecule has 1 aliphatic rings. The Morgan fingerprint density at radius 2 is 1.93 bits per heavy atom. The number of benzene rings is 2. The maximum Gasteiger partial charge on any atom is 0.226 e. The molecule has 1 aliphatic heterocycles. The fraction of sp³-hybridized carbons (Fsp3) is 0.344. The highest BCUT2D eigenvalue weighted by atomic mass is 19.1. The monoisotopic (exact) mass is 557 g/mol. The first-order valence-corrected chi connectivity index (χ1v) is 13.8. The molecular formula is C32H36FN5O3. The number of hydrogen-bond donors (Lipinski definition) is 2. The number of pyridine rings is 1. The van der Waals surface area contributed by atoms with Gasteiger partial charge in [-0.2, -0.15) is 5.10 Å². The molecule has 9 heteroatoms. The van der Waals surface area contributed by atoms with E-state index in [2.05, 4.69) is 15.6 Å². The van der Waals surface area contributed by atoms with Gasteiger partial charge in [0.1, 0.15) is 5.82 Å². The van der Waals surface area contributed by atoms with Crippen LogP contribution in [0, 0.1) is 19.7 Å². The summed E-state index contributed by atoms with van der Waals surface area (Å²) in [4.78, 5) is 18.0. The largest absolute Gasteiger partial charge is 0.481 e. The molecule has 0 radical (unpaired) electrons. The van der Waals surface area contributed by atoms with E-state index in [0.29, 0.717) is 12.5 Å². The molecule has 1 amide bonds. The van der Waals surface area contributed by atoms with Crippen LogP contribution in [-0.4, -0.2) is 53.6 Å². The van der Waals surface area contributed by atoms with Crippen molar-refractivity contribution in [1.82, 2.24) is 25.4 Å². The Hall–Kier alpha value is -4.08. The number of para-hydroxylation sites is 1. The van der Waals surface area contributed by atoms with Gasteiger partial charge in [-0.05, 0) is 73.7 Å². The average Bonchev–Trinajstić information content (AvgIpc) is 3.52. The van der Waals surface area contributed by atoms with Crippen LogP contribution in [0.2, 0.25) is 0 Å². The third-order valence-corrected chi connectivity index (χ3v) is 7.59. The number of rotatable bonds is 10. The number of nitrogens with zero attached hydrogens (tertiary/aromatic N) is 3. The van der Waals surface area contributed by atoms with E-state index in [9.17, 15) is 9.18 Å². The Kier molecular flexibility index (Phi) is 8.75. The molecule has 0 aliphatic carbocycles. The number of carbonyl (C=O) groups is 1. The van der Waals surface area contributed by atoms with Gasteiger partial charge in [-0.15, -0.1) is 0 Å².